The van der Waals surface area contributed by atoms with E-state index in [1.807, 2.05) is 37.3 Å². The van der Waals surface area contributed by atoms with Gasteiger partial charge in [-0.1, -0.05) is 34.1 Å². The fourth-order valence-corrected chi connectivity index (χ4v) is 2.56. The summed E-state index contributed by atoms with van der Waals surface area (Å²) in [5.74, 6) is 0. The van der Waals surface area contributed by atoms with Gasteiger partial charge < -0.3 is 5.32 Å². The zero-order valence-corrected chi connectivity index (χ0v) is 13.1. The topological polar surface area (TPSA) is 55.6 Å². The van der Waals surface area contributed by atoms with E-state index in [0.29, 0.717) is 0 Å². The minimum absolute atomic E-state index is 0.769. The summed E-state index contributed by atoms with van der Waals surface area (Å²) in [6.45, 7) is 2.81. The van der Waals surface area contributed by atoms with Crippen LogP contribution in [0.2, 0.25) is 0 Å². The van der Waals surface area contributed by atoms with Crippen LogP contribution in [-0.2, 0) is 6.54 Å². The maximum Gasteiger partial charge on any atom is 0.143 e. The highest BCUT2D eigenvalue weighted by Gasteiger charge is 2.04. The van der Waals surface area contributed by atoms with E-state index in [9.17, 15) is 0 Å². The molecule has 5 nitrogen and oxygen atoms in total. The molecule has 6 heteroatoms. The SMILES string of the molecule is Cc1cc(NCc2ccccc2Br)ccc1-n1cnnn1. The molecule has 0 amide bonds. The van der Waals surface area contributed by atoms with Crippen LogP contribution in [0.1, 0.15) is 11.1 Å². The van der Waals surface area contributed by atoms with Crippen LogP contribution in [0.5, 0.6) is 0 Å². The molecule has 0 fully saturated rings. The zero-order chi connectivity index (χ0) is 14.7. The normalized spacial score (nSPS) is 10.6. The molecule has 0 unspecified atom stereocenters. The molecule has 0 spiro atoms. The molecule has 0 saturated carbocycles. The van der Waals surface area contributed by atoms with E-state index >= 15 is 0 Å². The van der Waals surface area contributed by atoms with Crippen molar-refractivity contribution in [1.29, 1.82) is 0 Å². The first-order valence-electron chi connectivity index (χ1n) is 6.55. The van der Waals surface area contributed by atoms with Crippen LogP contribution >= 0.6 is 15.9 Å². The van der Waals surface area contributed by atoms with Crippen LogP contribution in [0.15, 0.2) is 53.3 Å². The Morgan fingerprint density at radius 3 is 2.76 bits per heavy atom. The number of halogens is 1. The molecule has 21 heavy (non-hydrogen) atoms. The maximum atomic E-state index is 3.91. The van der Waals surface area contributed by atoms with E-state index in [1.54, 1.807) is 11.0 Å². The third kappa shape index (κ3) is 3.11. The molecule has 0 aliphatic heterocycles. The molecule has 1 aromatic heterocycles. The second kappa shape index (κ2) is 6.05. The lowest BCUT2D eigenvalue weighted by atomic mass is 10.1. The van der Waals surface area contributed by atoms with Crippen LogP contribution in [0.4, 0.5) is 5.69 Å². The van der Waals surface area contributed by atoms with Crippen molar-refractivity contribution in [3.05, 3.63) is 64.4 Å². The Balaban J connectivity index is 1.76. The van der Waals surface area contributed by atoms with Crippen molar-refractivity contribution >= 4 is 21.6 Å². The average Bonchev–Trinajstić information content (AvgIpc) is 3.00. The van der Waals surface area contributed by atoms with E-state index in [-0.39, 0.29) is 0 Å². The molecule has 0 saturated heterocycles. The summed E-state index contributed by atoms with van der Waals surface area (Å²) in [7, 11) is 0. The number of aryl methyl sites for hydroxylation is 1. The second-order valence-corrected chi connectivity index (χ2v) is 5.55. The van der Waals surface area contributed by atoms with Crippen LogP contribution in [-0.4, -0.2) is 20.2 Å². The standard InChI is InChI=1S/C15H14BrN5/c1-11-8-13(6-7-15(11)21-10-18-19-20-21)17-9-12-4-2-3-5-14(12)16/h2-8,10,17H,9H2,1H3. The van der Waals surface area contributed by atoms with Gasteiger partial charge in [-0.3, -0.25) is 0 Å². The fourth-order valence-electron chi connectivity index (χ4n) is 2.13. The van der Waals surface area contributed by atoms with Crippen molar-refractivity contribution < 1.29 is 0 Å². The van der Waals surface area contributed by atoms with Crippen LogP contribution in [0, 0.1) is 6.92 Å². The number of hydrogen-bond acceptors (Lipinski definition) is 4. The molecule has 0 aliphatic carbocycles. The van der Waals surface area contributed by atoms with E-state index in [0.717, 1.165) is 28.0 Å². The predicted octanol–water partition coefficient (Wildman–Crippen LogP) is 3.35. The minimum Gasteiger partial charge on any atom is -0.381 e. The Morgan fingerprint density at radius 2 is 2.05 bits per heavy atom. The van der Waals surface area contributed by atoms with Crippen molar-refractivity contribution in [3.63, 3.8) is 0 Å². The molecule has 2 aromatic carbocycles. The summed E-state index contributed by atoms with van der Waals surface area (Å²) in [5, 5.41) is 14.7. The smallest absolute Gasteiger partial charge is 0.143 e. The molecule has 1 heterocycles. The van der Waals surface area contributed by atoms with Gasteiger partial charge in [0.25, 0.3) is 0 Å². The monoisotopic (exact) mass is 343 g/mol. The number of hydrogen-bond donors (Lipinski definition) is 1. The Hall–Kier alpha value is -2.21. The van der Waals surface area contributed by atoms with Gasteiger partial charge in [-0.15, -0.1) is 5.10 Å². The molecular formula is C15H14BrN5. The first-order valence-corrected chi connectivity index (χ1v) is 7.34. The van der Waals surface area contributed by atoms with Crippen LogP contribution < -0.4 is 5.32 Å². The number of nitrogens with one attached hydrogen (secondary N) is 1. The van der Waals surface area contributed by atoms with Gasteiger partial charge in [0.2, 0.25) is 0 Å². The lowest BCUT2D eigenvalue weighted by Crippen LogP contribution is -2.02. The third-order valence-electron chi connectivity index (χ3n) is 3.23. The minimum atomic E-state index is 0.769. The number of aromatic nitrogens is 4. The summed E-state index contributed by atoms with van der Waals surface area (Å²) >= 11 is 3.56. The molecule has 3 rings (SSSR count). The highest BCUT2D eigenvalue weighted by molar-refractivity contribution is 9.10. The van der Waals surface area contributed by atoms with Gasteiger partial charge in [0.05, 0.1) is 5.69 Å². The lowest BCUT2D eigenvalue weighted by Gasteiger charge is -2.11. The Morgan fingerprint density at radius 1 is 1.19 bits per heavy atom. The predicted molar refractivity (Wildman–Crippen MR) is 85.4 cm³/mol. The average molecular weight is 344 g/mol. The van der Waals surface area contributed by atoms with Gasteiger partial charge in [-0.05, 0) is 52.7 Å². The van der Waals surface area contributed by atoms with Crippen molar-refractivity contribution in [1.82, 2.24) is 20.2 Å². The quantitative estimate of drug-likeness (QED) is 0.789. The number of benzene rings is 2. The van der Waals surface area contributed by atoms with Gasteiger partial charge in [0.1, 0.15) is 6.33 Å². The van der Waals surface area contributed by atoms with Gasteiger partial charge in [-0.2, -0.15) is 0 Å². The number of anilines is 1. The molecular weight excluding hydrogens is 330 g/mol. The van der Waals surface area contributed by atoms with Crippen molar-refractivity contribution in [3.8, 4) is 5.69 Å². The van der Waals surface area contributed by atoms with Crippen LogP contribution in [0.25, 0.3) is 5.69 Å². The van der Waals surface area contributed by atoms with E-state index in [4.69, 9.17) is 0 Å². The first-order chi connectivity index (χ1) is 10.2. The molecule has 106 valence electrons. The van der Waals surface area contributed by atoms with Crippen molar-refractivity contribution in [2.75, 3.05) is 5.32 Å². The third-order valence-corrected chi connectivity index (χ3v) is 4.01. The highest BCUT2D eigenvalue weighted by Crippen LogP contribution is 2.20. The molecule has 1 N–H and O–H groups in total. The number of nitrogens with zero attached hydrogens (tertiary/aromatic N) is 4. The lowest BCUT2D eigenvalue weighted by molar-refractivity contribution is 0.785. The Bertz CT molecular complexity index is 740. The number of tetrazole rings is 1. The van der Waals surface area contributed by atoms with Gasteiger partial charge in [0, 0.05) is 16.7 Å². The zero-order valence-electron chi connectivity index (χ0n) is 11.5. The van der Waals surface area contributed by atoms with E-state index < -0.39 is 0 Å². The summed E-state index contributed by atoms with van der Waals surface area (Å²) in [5.41, 5.74) is 4.38. The molecule has 0 bridgehead atoms. The summed E-state index contributed by atoms with van der Waals surface area (Å²) in [6.07, 6.45) is 1.59. The van der Waals surface area contributed by atoms with E-state index in [1.165, 1.54) is 5.56 Å². The summed E-state index contributed by atoms with van der Waals surface area (Å²) in [6, 6.07) is 14.3. The van der Waals surface area contributed by atoms with Gasteiger partial charge >= 0.3 is 0 Å². The van der Waals surface area contributed by atoms with E-state index in [2.05, 4.69) is 48.9 Å². The van der Waals surface area contributed by atoms with Gasteiger partial charge in [0.15, 0.2) is 0 Å². The molecule has 0 radical (unpaired) electrons. The maximum absolute atomic E-state index is 3.91. The Labute approximate surface area is 131 Å². The second-order valence-electron chi connectivity index (χ2n) is 4.70. The highest BCUT2D eigenvalue weighted by atomic mass is 79.9. The molecule has 3 aromatic rings. The van der Waals surface area contributed by atoms with Gasteiger partial charge in [-0.25, -0.2) is 4.68 Å². The largest absolute Gasteiger partial charge is 0.381 e. The first kappa shape index (κ1) is 13.8. The fraction of sp³-hybridized carbons (Fsp3) is 0.133. The molecule has 0 aliphatic rings. The van der Waals surface area contributed by atoms with Crippen molar-refractivity contribution in [2.24, 2.45) is 0 Å². The Kier molecular flexibility index (Phi) is 3.96. The van der Waals surface area contributed by atoms with Crippen LogP contribution in [0.3, 0.4) is 0 Å². The summed E-state index contributed by atoms with van der Waals surface area (Å²) < 4.78 is 2.77. The van der Waals surface area contributed by atoms with Crippen molar-refractivity contribution in [2.45, 2.75) is 13.5 Å². The summed E-state index contributed by atoms with van der Waals surface area (Å²) in [4.78, 5) is 0. The number of rotatable bonds is 4. The molecule has 0 atom stereocenters.